The van der Waals surface area contributed by atoms with Crippen LogP contribution in [0.4, 0.5) is 4.39 Å². The van der Waals surface area contributed by atoms with Crippen LogP contribution < -0.4 is 0 Å². The van der Waals surface area contributed by atoms with E-state index >= 15 is 0 Å². The number of ether oxygens (including phenoxy) is 1. The number of hydrogen-bond donors (Lipinski definition) is 0. The fraction of sp³-hybridized carbons (Fsp3) is 0.458. The first-order valence-corrected chi connectivity index (χ1v) is 11.8. The summed E-state index contributed by atoms with van der Waals surface area (Å²) in [5.41, 5.74) is 2.10. The monoisotopic (exact) mass is 471 g/mol. The maximum Gasteiger partial charge on any atom is 0.150 e. The first-order chi connectivity index (χ1) is 16.0. The average Bonchev–Trinajstić information content (AvgIpc) is 3.03. The van der Waals surface area contributed by atoms with E-state index in [9.17, 15) is 4.39 Å². The zero-order valence-electron chi connectivity index (χ0n) is 19.3. The summed E-state index contributed by atoms with van der Waals surface area (Å²) in [4.78, 5) is 14.9. The van der Waals surface area contributed by atoms with Gasteiger partial charge in [-0.25, -0.2) is 9.37 Å². The molecule has 9 heteroatoms. The molecule has 3 rings (SSSR count). The largest absolute Gasteiger partial charge is 0.488 e. The number of aryl methyl sites for hydroxylation is 2. The number of thiazole rings is 1. The van der Waals surface area contributed by atoms with Crippen LogP contribution in [0.5, 0.6) is 0 Å². The molecule has 1 aliphatic rings. The van der Waals surface area contributed by atoms with Gasteiger partial charge in [0.2, 0.25) is 0 Å². The lowest BCUT2D eigenvalue weighted by Crippen LogP contribution is -2.12. The highest BCUT2D eigenvalue weighted by molar-refractivity contribution is 7.12. The molecule has 176 valence electrons. The van der Waals surface area contributed by atoms with E-state index < -0.39 is 5.82 Å². The number of nitrogens with zero attached hydrogens (tertiary/aromatic N) is 5. The van der Waals surface area contributed by atoms with Gasteiger partial charge < -0.3 is 9.57 Å². The Balaban J connectivity index is 1.85. The first-order valence-electron chi connectivity index (χ1n) is 11.0. The zero-order chi connectivity index (χ0) is 23.6. The molecule has 2 aromatic rings. The van der Waals surface area contributed by atoms with Crippen LogP contribution in [0.2, 0.25) is 0 Å². The fourth-order valence-electron chi connectivity index (χ4n) is 3.74. The minimum absolute atomic E-state index is 0.308. The topological polar surface area (TPSA) is 81.3 Å². The molecule has 2 unspecified atom stereocenters. The summed E-state index contributed by atoms with van der Waals surface area (Å²) >= 11 is 1.68. The van der Waals surface area contributed by atoms with Gasteiger partial charge in [0.1, 0.15) is 19.0 Å². The van der Waals surface area contributed by atoms with Crippen molar-refractivity contribution in [2.75, 3.05) is 7.11 Å². The fourth-order valence-corrected chi connectivity index (χ4v) is 4.67. The number of aromatic nitrogens is 2. The number of oxime groups is 1. The summed E-state index contributed by atoms with van der Waals surface area (Å²) in [5.74, 6) is 0.769. The lowest BCUT2D eigenvalue weighted by molar-refractivity contribution is 0.0861. The highest BCUT2D eigenvalue weighted by Crippen LogP contribution is 2.34. The second kappa shape index (κ2) is 12.3. The van der Waals surface area contributed by atoms with Crippen LogP contribution in [0.25, 0.3) is 6.08 Å². The Morgan fingerprint density at radius 1 is 1.36 bits per heavy atom. The summed E-state index contributed by atoms with van der Waals surface area (Å²) in [5, 5.41) is 12.1. The van der Waals surface area contributed by atoms with Crippen LogP contribution in [0, 0.1) is 18.7 Å². The van der Waals surface area contributed by atoms with Crippen molar-refractivity contribution in [2.45, 2.75) is 58.5 Å². The van der Waals surface area contributed by atoms with E-state index in [-0.39, 0.29) is 6.10 Å². The van der Waals surface area contributed by atoms with Gasteiger partial charge in [0, 0.05) is 24.9 Å². The highest BCUT2D eigenvalue weighted by atomic mass is 32.1. The first kappa shape index (κ1) is 24.7. The molecule has 0 radical (unpaired) electrons. The molecule has 1 aliphatic carbocycles. The number of halogens is 1. The average molecular weight is 472 g/mol. The van der Waals surface area contributed by atoms with Gasteiger partial charge in [-0.15, -0.1) is 11.3 Å². The van der Waals surface area contributed by atoms with Gasteiger partial charge in [-0.1, -0.05) is 12.1 Å². The third kappa shape index (κ3) is 7.28. The molecule has 0 aromatic carbocycles. The van der Waals surface area contributed by atoms with Gasteiger partial charge in [-0.2, -0.15) is 10.2 Å². The van der Waals surface area contributed by atoms with E-state index in [1.54, 1.807) is 23.6 Å². The normalized spacial score (nSPS) is 15.7. The maximum atomic E-state index is 14.2. The zero-order valence-corrected chi connectivity index (χ0v) is 20.1. The maximum absolute atomic E-state index is 14.2. The van der Waals surface area contributed by atoms with Crippen LogP contribution in [-0.4, -0.2) is 36.2 Å². The molecule has 0 N–H and O–H groups in total. The predicted octanol–water partition coefficient (Wildman–Crippen LogP) is 5.89. The molecular formula is C24H30FN5O2S. The Labute approximate surface area is 198 Å². The highest BCUT2D eigenvalue weighted by Gasteiger charge is 2.23. The van der Waals surface area contributed by atoms with Crippen LogP contribution in [0.1, 0.15) is 72.0 Å². The third-order valence-electron chi connectivity index (χ3n) is 5.36. The van der Waals surface area contributed by atoms with E-state index in [0.717, 1.165) is 59.9 Å². The Hall–Kier alpha value is -2.94. The van der Waals surface area contributed by atoms with E-state index in [0.29, 0.717) is 17.2 Å². The molecule has 0 saturated carbocycles. The van der Waals surface area contributed by atoms with Crippen molar-refractivity contribution in [1.82, 2.24) is 9.97 Å². The van der Waals surface area contributed by atoms with Crippen molar-refractivity contribution < 1.29 is 14.0 Å². The summed E-state index contributed by atoms with van der Waals surface area (Å²) in [6.07, 6.45) is 11.2. The molecule has 2 atom stereocenters. The Morgan fingerprint density at radius 2 is 2.21 bits per heavy atom. The summed E-state index contributed by atoms with van der Waals surface area (Å²) in [6, 6.07) is 1.68. The molecular weight excluding hydrogens is 441 g/mol. The smallest absolute Gasteiger partial charge is 0.150 e. The summed E-state index contributed by atoms with van der Waals surface area (Å²) < 4.78 is 20.8. The molecule has 0 spiro atoms. The third-order valence-corrected chi connectivity index (χ3v) is 6.32. The van der Waals surface area contributed by atoms with Crippen molar-refractivity contribution in [2.24, 2.45) is 21.3 Å². The SMILES string of the molecule is C=N/N=C\CCC(C)CC(OC1=Cc2sc(C)nc2CCC1)c1cc(/C=N/OC)c(F)cn1. The van der Waals surface area contributed by atoms with Crippen LogP contribution in [0.15, 0.2) is 33.4 Å². The Morgan fingerprint density at radius 3 is 3.00 bits per heavy atom. The summed E-state index contributed by atoms with van der Waals surface area (Å²) in [7, 11) is 1.42. The van der Waals surface area contributed by atoms with Gasteiger partial charge in [-0.3, -0.25) is 4.98 Å². The molecule has 2 heterocycles. The standard InChI is InChI=1S/C24H30FN5O2S/c1-16(7-6-10-28-26-3)11-23(22-12-18(14-29-31-4)20(25)15-27-22)32-19-8-5-9-21-24(13-19)33-17(2)30-21/h10,12-16,23H,3,5-9,11H2,1-2,4H3/b28-10-,29-14+. The molecule has 2 aromatic heterocycles. The number of allylic oxidation sites excluding steroid dienone is 1. The molecule has 0 bridgehead atoms. The van der Waals surface area contributed by atoms with Crippen molar-refractivity contribution in [1.29, 1.82) is 0 Å². The van der Waals surface area contributed by atoms with E-state index in [4.69, 9.17) is 9.57 Å². The minimum atomic E-state index is -0.460. The van der Waals surface area contributed by atoms with Crippen LogP contribution in [-0.2, 0) is 16.0 Å². The second-order valence-corrected chi connectivity index (χ2v) is 9.25. The Bertz CT molecular complexity index is 1030. The molecule has 33 heavy (non-hydrogen) atoms. The van der Waals surface area contributed by atoms with Crippen LogP contribution >= 0.6 is 11.3 Å². The molecule has 7 nitrogen and oxygen atoms in total. The number of rotatable bonds is 11. The second-order valence-electron chi connectivity index (χ2n) is 8.02. The van der Waals surface area contributed by atoms with Gasteiger partial charge in [0.15, 0.2) is 0 Å². The van der Waals surface area contributed by atoms with E-state index in [1.807, 2.05) is 6.92 Å². The van der Waals surface area contributed by atoms with Crippen LogP contribution in [0.3, 0.4) is 0 Å². The van der Waals surface area contributed by atoms with Gasteiger partial charge in [0.25, 0.3) is 0 Å². The van der Waals surface area contributed by atoms with Gasteiger partial charge in [-0.05, 0) is 57.1 Å². The van der Waals surface area contributed by atoms with E-state index in [1.165, 1.54) is 19.5 Å². The molecule has 0 aliphatic heterocycles. The summed E-state index contributed by atoms with van der Waals surface area (Å²) in [6.45, 7) is 7.54. The lowest BCUT2D eigenvalue weighted by atomic mass is 9.96. The predicted molar refractivity (Wildman–Crippen MR) is 131 cm³/mol. The van der Waals surface area contributed by atoms with Crippen molar-refractivity contribution in [3.05, 3.63) is 50.7 Å². The number of pyridine rings is 1. The molecule has 0 amide bonds. The van der Waals surface area contributed by atoms with E-state index in [2.05, 4.69) is 45.0 Å². The van der Waals surface area contributed by atoms with Crippen molar-refractivity contribution in [3.63, 3.8) is 0 Å². The quantitative estimate of drug-likeness (QED) is 0.302. The van der Waals surface area contributed by atoms with Gasteiger partial charge >= 0.3 is 0 Å². The molecule has 0 fully saturated rings. The van der Waals surface area contributed by atoms with Crippen molar-refractivity contribution in [3.8, 4) is 0 Å². The Kier molecular flexibility index (Phi) is 9.24. The number of fused-ring (bicyclic) bond motifs is 1. The molecule has 0 saturated heterocycles. The van der Waals surface area contributed by atoms with Gasteiger partial charge in [0.05, 0.1) is 39.4 Å². The minimum Gasteiger partial charge on any atom is -0.488 e. The lowest BCUT2D eigenvalue weighted by Gasteiger charge is -2.24. The number of hydrogen-bond acceptors (Lipinski definition) is 8. The van der Waals surface area contributed by atoms with Crippen molar-refractivity contribution >= 4 is 36.6 Å².